The predicted molar refractivity (Wildman–Crippen MR) is 70.4 cm³/mol. The van der Waals surface area contributed by atoms with E-state index in [4.69, 9.17) is 0 Å². The maximum Gasteiger partial charge on any atom is 0.419 e. The number of alkyl halides is 3. The number of nitrogens with zero attached hydrogens (tertiary/aromatic N) is 3. The highest BCUT2D eigenvalue weighted by Crippen LogP contribution is 2.28. The van der Waals surface area contributed by atoms with Crippen LogP contribution in [0.5, 0.6) is 0 Å². The lowest BCUT2D eigenvalue weighted by atomic mass is 10.3. The summed E-state index contributed by atoms with van der Waals surface area (Å²) in [5.41, 5.74) is 0.846. The topological polar surface area (TPSA) is 42.7 Å². The van der Waals surface area contributed by atoms with Gasteiger partial charge in [0.1, 0.15) is 0 Å². The van der Waals surface area contributed by atoms with Crippen molar-refractivity contribution in [2.45, 2.75) is 38.1 Å². The monoisotopic (exact) mass is 296 g/mol. The van der Waals surface area contributed by atoms with Gasteiger partial charge in [0, 0.05) is 18.8 Å². The van der Waals surface area contributed by atoms with Crippen LogP contribution in [0.3, 0.4) is 0 Å². The van der Waals surface area contributed by atoms with E-state index in [1.165, 1.54) is 17.5 Å². The van der Waals surface area contributed by atoms with Gasteiger partial charge >= 0.3 is 6.18 Å². The SMILES string of the molecule is FC(F)(F)c1cnn(Cc2cccc(CNC3CC3)n2)c1. The van der Waals surface area contributed by atoms with Crippen molar-refractivity contribution in [1.29, 1.82) is 0 Å². The second-order valence-electron chi connectivity index (χ2n) is 5.20. The lowest BCUT2D eigenvalue weighted by Crippen LogP contribution is -2.16. The molecule has 2 aromatic rings. The first kappa shape index (κ1) is 14.1. The highest BCUT2D eigenvalue weighted by atomic mass is 19.4. The van der Waals surface area contributed by atoms with Gasteiger partial charge in [0.25, 0.3) is 0 Å². The molecule has 0 radical (unpaired) electrons. The van der Waals surface area contributed by atoms with Crippen LogP contribution in [0.2, 0.25) is 0 Å². The van der Waals surface area contributed by atoms with Gasteiger partial charge in [-0.25, -0.2) is 0 Å². The first-order chi connectivity index (χ1) is 10.0. The third-order valence-corrected chi connectivity index (χ3v) is 3.30. The van der Waals surface area contributed by atoms with Gasteiger partial charge in [-0.05, 0) is 25.0 Å². The Kier molecular flexibility index (Phi) is 3.67. The Morgan fingerprint density at radius 1 is 1.24 bits per heavy atom. The molecule has 112 valence electrons. The standard InChI is InChI=1S/C14H15F3N4/c15-14(16,17)10-6-19-21(8-10)9-13-3-1-2-12(20-13)7-18-11-4-5-11/h1-3,6,8,11,18H,4-5,7,9H2. The summed E-state index contributed by atoms with van der Waals surface area (Å²) in [6, 6.07) is 6.15. The summed E-state index contributed by atoms with van der Waals surface area (Å²) in [4.78, 5) is 4.43. The van der Waals surface area contributed by atoms with Crippen molar-refractivity contribution in [3.05, 3.63) is 47.5 Å². The molecule has 1 fully saturated rings. The molecule has 1 aliphatic carbocycles. The minimum atomic E-state index is -4.36. The van der Waals surface area contributed by atoms with Crippen LogP contribution in [0.15, 0.2) is 30.6 Å². The van der Waals surface area contributed by atoms with Crippen molar-refractivity contribution < 1.29 is 13.2 Å². The quantitative estimate of drug-likeness (QED) is 0.922. The van der Waals surface area contributed by atoms with Crippen LogP contribution in [0.1, 0.15) is 29.8 Å². The normalized spacial score (nSPS) is 15.4. The molecule has 0 spiro atoms. The Bertz CT molecular complexity index is 617. The van der Waals surface area contributed by atoms with Crippen molar-refractivity contribution in [3.8, 4) is 0 Å². The molecule has 0 bridgehead atoms. The fourth-order valence-corrected chi connectivity index (χ4v) is 2.01. The molecule has 2 aromatic heterocycles. The molecule has 0 aromatic carbocycles. The maximum absolute atomic E-state index is 12.5. The zero-order chi connectivity index (χ0) is 14.9. The first-order valence-corrected chi connectivity index (χ1v) is 6.78. The molecular weight excluding hydrogens is 281 g/mol. The van der Waals surface area contributed by atoms with Crippen LogP contribution in [0.4, 0.5) is 13.2 Å². The van der Waals surface area contributed by atoms with Gasteiger partial charge in [-0.1, -0.05) is 6.07 Å². The zero-order valence-corrected chi connectivity index (χ0v) is 11.3. The molecule has 0 unspecified atom stereocenters. The molecule has 1 N–H and O–H groups in total. The van der Waals surface area contributed by atoms with Crippen LogP contribution in [-0.4, -0.2) is 20.8 Å². The number of pyridine rings is 1. The fraction of sp³-hybridized carbons (Fsp3) is 0.429. The zero-order valence-electron chi connectivity index (χ0n) is 11.3. The molecule has 21 heavy (non-hydrogen) atoms. The summed E-state index contributed by atoms with van der Waals surface area (Å²) in [6.45, 7) is 0.915. The van der Waals surface area contributed by atoms with Gasteiger partial charge in [0.05, 0.1) is 29.7 Å². The van der Waals surface area contributed by atoms with Gasteiger partial charge in [0.2, 0.25) is 0 Å². The molecule has 0 amide bonds. The fourth-order valence-electron chi connectivity index (χ4n) is 2.01. The molecule has 1 aliphatic rings. The Hall–Kier alpha value is -1.89. The van der Waals surface area contributed by atoms with Crippen molar-refractivity contribution in [3.63, 3.8) is 0 Å². The molecule has 3 rings (SSSR count). The summed E-state index contributed by atoms with van der Waals surface area (Å²) in [6.07, 6.45) is -0.128. The second kappa shape index (κ2) is 5.48. The van der Waals surface area contributed by atoms with Gasteiger partial charge < -0.3 is 5.32 Å². The summed E-state index contributed by atoms with van der Waals surface area (Å²) in [5.74, 6) is 0. The summed E-state index contributed by atoms with van der Waals surface area (Å²) < 4.78 is 38.8. The number of aromatic nitrogens is 3. The number of hydrogen-bond acceptors (Lipinski definition) is 3. The van der Waals surface area contributed by atoms with Crippen LogP contribution in [0, 0.1) is 0 Å². The van der Waals surface area contributed by atoms with E-state index in [2.05, 4.69) is 15.4 Å². The van der Waals surface area contributed by atoms with E-state index >= 15 is 0 Å². The van der Waals surface area contributed by atoms with E-state index in [1.54, 1.807) is 6.07 Å². The minimum absolute atomic E-state index is 0.230. The Balaban J connectivity index is 1.66. The average molecular weight is 296 g/mol. The maximum atomic E-state index is 12.5. The highest BCUT2D eigenvalue weighted by Gasteiger charge is 2.32. The van der Waals surface area contributed by atoms with Crippen molar-refractivity contribution >= 4 is 0 Å². The van der Waals surface area contributed by atoms with Gasteiger partial charge in [-0.3, -0.25) is 9.67 Å². The van der Waals surface area contributed by atoms with Crippen LogP contribution < -0.4 is 5.32 Å². The largest absolute Gasteiger partial charge is 0.419 e. The number of halogens is 3. The van der Waals surface area contributed by atoms with Crippen molar-refractivity contribution in [2.75, 3.05) is 0 Å². The minimum Gasteiger partial charge on any atom is -0.308 e. The average Bonchev–Trinajstić information content (AvgIpc) is 3.14. The lowest BCUT2D eigenvalue weighted by molar-refractivity contribution is -0.137. The Morgan fingerprint density at radius 3 is 2.67 bits per heavy atom. The van der Waals surface area contributed by atoms with E-state index in [0.717, 1.165) is 18.1 Å². The molecule has 4 nitrogen and oxygen atoms in total. The van der Waals surface area contributed by atoms with Gasteiger partial charge in [-0.2, -0.15) is 18.3 Å². The third kappa shape index (κ3) is 3.81. The number of nitrogens with one attached hydrogen (secondary N) is 1. The molecule has 1 saturated carbocycles. The number of rotatable bonds is 5. The third-order valence-electron chi connectivity index (χ3n) is 3.30. The lowest BCUT2D eigenvalue weighted by Gasteiger charge is -2.06. The van der Waals surface area contributed by atoms with Crippen molar-refractivity contribution in [1.82, 2.24) is 20.1 Å². The van der Waals surface area contributed by atoms with E-state index in [9.17, 15) is 13.2 Å². The molecule has 0 atom stereocenters. The summed E-state index contributed by atoms with van der Waals surface area (Å²) in [7, 11) is 0. The Morgan fingerprint density at radius 2 is 2.00 bits per heavy atom. The molecule has 7 heteroatoms. The molecule has 0 saturated heterocycles. The van der Waals surface area contributed by atoms with Gasteiger partial charge in [-0.15, -0.1) is 0 Å². The van der Waals surface area contributed by atoms with Crippen LogP contribution in [0.25, 0.3) is 0 Å². The Labute approximate surface area is 120 Å². The highest BCUT2D eigenvalue weighted by molar-refractivity contribution is 5.13. The van der Waals surface area contributed by atoms with Crippen molar-refractivity contribution in [2.24, 2.45) is 0 Å². The van der Waals surface area contributed by atoms with Crippen LogP contribution >= 0.6 is 0 Å². The van der Waals surface area contributed by atoms with Gasteiger partial charge in [0.15, 0.2) is 0 Å². The van der Waals surface area contributed by atoms with Crippen LogP contribution in [-0.2, 0) is 19.3 Å². The first-order valence-electron chi connectivity index (χ1n) is 6.78. The predicted octanol–water partition coefficient (Wildman–Crippen LogP) is 2.60. The molecule has 0 aliphatic heterocycles. The summed E-state index contributed by atoms with van der Waals surface area (Å²) >= 11 is 0. The summed E-state index contributed by atoms with van der Waals surface area (Å²) in [5, 5.41) is 7.09. The second-order valence-corrected chi connectivity index (χ2v) is 5.20. The van der Waals surface area contributed by atoms with E-state index in [0.29, 0.717) is 18.3 Å². The van der Waals surface area contributed by atoms with E-state index < -0.39 is 11.7 Å². The number of hydrogen-bond donors (Lipinski definition) is 1. The smallest absolute Gasteiger partial charge is 0.308 e. The van der Waals surface area contributed by atoms with E-state index in [1.807, 2.05) is 12.1 Å². The molecule has 2 heterocycles. The van der Waals surface area contributed by atoms with E-state index in [-0.39, 0.29) is 6.54 Å². The molecular formula is C14H15F3N4.